The fourth-order valence-corrected chi connectivity index (χ4v) is 5.50. The third kappa shape index (κ3) is 3.76. The Morgan fingerprint density at radius 1 is 1.17 bits per heavy atom. The van der Waals surface area contributed by atoms with Crippen LogP contribution in [-0.4, -0.2) is 39.2 Å². The Morgan fingerprint density at radius 3 is 2.97 bits per heavy atom. The van der Waals surface area contributed by atoms with Gasteiger partial charge in [0.2, 0.25) is 0 Å². The monoisotopic (exact) mass is 436 g/mol. The maximum atomic E-state index is 12.6. The van der Waals surface area contributed by atoms with Crippen molar-refractivity contribution in [3.63, 3.8) is 0 Å². The van der Waals surface area contributed by atoms with Crippen molar-refractivity contribution in [3.8, 4) is 0 Å². The molecule has 8 heteroatoms. The van der Waals surface area contributed by atoms with E-state index in [2.05, 4.69) is 10.3 Å². The normalized spacial score (nSPS) is 16.3. The van der Waals surface area contributed by atoms with E-state index >= 15 is 0 Å². The van der Waals surface area contributed by atoms with Gasteiger partial charge in [-0.1, -0.05) is 6.07 Å². The Kier molecular flexibility index (Phi) is 5.10. The van der Waals surface area contributed by atoms with Crippen molar-refractivity contribution in [1.29, 1.82) is 0 Å². The Morgan fingerprint density at radius 2 is 2.10 bits per heavy atom. The molecule has 1 saturated heterocycles. The average Bonchev–Trinajstić information content (AvgIpc) is 3.57. The highest BCUT2D eigenvalue weighted by Gasteiger charge is 2.29. The van der Waals surface area contributed by atoms with Gasteiger partial charge in [-0.3, -0.25) is 9.59 Å². The van der Waals surface area contributed by atoms with Crippen molar-refractivity contribution in [1.82, 2.24) is 19.6 Å². The van der Waals surface area contributed by atoms with Gasteiger partial charge in [0.15, 0.2) is 0 Å². The first-order valence-corrected chi connectivity index (χ1v) is 11.5. The molecular formula is C22H20N4O2S2. The minimum absolute atomic E-state index is 0.0704. The molecule has 5 heterocycles. The third-order valence-corrected chi connectivity index (χ3v) is 7.48. The Balaban J connectivity index is 1.20. The summed E-state index contributed by atoms with van der Waals surface area (Å²) in [5.74, 6) is 0.332. The number of amides is 2. The minimum Gasteiger partial charge on any atom is -0.347 e. The number of nitrogens with zero attached hydrogens (tertiary/aromatic N) is 3. The van der Waals surface area contributed by atoms with Crippen LogP contribution >= 0.6 is 22.7 Å². The molecule has 0 saturated carbocycles. The van der Waals surface area contributed by atoms with Crippen molar-refractivity contribution < 1.29 is 9.59 Å². The van der Waals surface area contributed by atoms with Crippen LogP contribution in [0.3, 0.4) is 0 Å². The summed E-state index contributed by atoms with van der Waals surface area (Å²) < 4.78 is 1.94. The smallest absolute Gasteiger partial charge is 0.263 e. The number of pyridine rings is 1. The summed E-state index contributed by atoms with van der Waals surface area (Å²) >= 11 is 3.01. The second-order valence-corrected chi connectivity index (χ2v) is 9.39. The van der Waals surface area contributed by atoms with E-state index in [9.17, 15) is 9.59 Å². The predicted molar refractivity (Wildman–Crippen MR) is 118 cm³/mol. The fraction of sp³-hybridized carbons (Fsp3) is 0.227. The second-order valence-electron chi connectivity index (χ2n) is 7.33. The van der Waals surface area contributed by atoms with E-state index in [-0.39, 0.29) is 11.8 Å². The quantitative estimate of drug-likeness (QED) is 0.514. The minimum atomic E-state index is -0.0704. The molecule has 152 valence electrons. The molecule has 0 bridgehead atoms. The van der Waals surface area contributed by atoms with Crippen molar-refractivity contribution in [2.24, 2.45) is 0 Å². The highest BCUT2D eigenvalue weighted by atomic mass is 32.1. The molecular weight excluding hydrogens is 416 g/mol. The summed E-state index contributed by atoms with van der Waals surface area (Å²) in [4.78, 5) is 34.0. The number of fused-ring (bicyclic) bond motifs is 1. The molecule has 30 heavy (non-hydrogen) atoms. The number of rotatable bonds is 5. The lowest BCUT2D eigenvalue weighted by atomic mass is 10.1. The largest absolute Gasteiger partial charge is 0.347 e. The summed E-state index contributed by atoms with van der Waals surface area (Å²) in [5, 5.41) is 4.92. The molecule has 0 radical (unpaired) electrons. The SMILES string of the molecule is O=C(NCc1ccn2ccnc2c1)c1ccc(C2CCN(C(=O)c3cccs3)C2)s1. The first-order chi connectivity index (χ1) is 14.7. The number of nitrogens with one attached hydrogen (secondary N) is 1. The molecule has 1 fully saturated rings. The van der Waals surface area contributed by atoms with Crippen molar-refractivity contribution >= 4 is 40.1 Å². The summed E-state index contributed by atoms with van der Waals surface area (Å²) in [6.07, 6.45) is 6.52. The van der Waals surface area contributed by atoms with E-state index in [1.807, 2.05) is 63.5 Å². The average molecular weight is 437 g/mol. The summed E-state index contributed by atoms with van der Waals surface area (Å²) in [6.45, 7) is 1.93. The van der Waals surface area contributed by atoms with Gasteiger partial charge in [0.05, 0.1) is 9.75 Å². The number of carbonyl (C=O) groups excluding carboxylic acids is 2. The lowest BCUT2D eigenvalue weighted by Gasteiger charge is -2.15. The van der Waals surface area contributed by atoms with Gasteiger partial charge >= 0.3 is 0 Å². The first-order valence-electron chi connectivity index (χ1n) is 9.80. The number of imidazole rings is 1. The van der Waals surface area contributed by atoms with Crippen LogP contribution in [0.2, 0.25) is 0 Å². The molecule has 4 aromatic rings. The van der Waals surface area contributed by atoms with Crippen LogP contribution < -0.4 is 5.32 Å². The molecule has 2 amide bonds. The molecule has 1 N–H and O–H groups in total. The van der Waals surface area contributed by atoms with Gasteiger partial charge in [-0.15, -0.1) is 22.7 Å². The number of likely N-dealkylation sites (tertiary alicyclic amines) is 1. The Bertz CT molecular complexity index is 1190. The van der Waals surface area contributed by atoms with E-state index in [1.165, 1.54) is 27.6 Å². The zero-order chi connectivity index (χ0) is 20.5. The van der Waals surface area contributed by atoms with Crippen molar-refractivity contribution in [2.75, 3.05) is 13.1 Å². The number of carbonyl (C=O) groups is 2. The molecule has 6 nitrogen and oxygen atoms in total. The van der Waals surface area contributed by atoms with E-state index in [4.69, 9.17) is 0 Å². The van der Waals surface area contributed by atoms with Gasteiger partial charge in [-0.2, -0.15) is 0 Å². The molecule has 0 spiro atoms. The summed E-state index contributed by atoms with van der Waals surface area (Å²) in [7, 11) is 0. The standard InChI is InChI=1S/C22H20N4O2S2/c27-21(24-13-15-5-8-25-10-7-23-20(25)12-15)18-4-3-17(30-18)16-6-9-26(14-16)22(28)19-2-1-11-29-19/h1-5,7-8,10-12,16H,6,9,13-14H2,(H,24,27). The van der Waals surface area contributed by atoms with E-state index in [1.54, 1.807) is 6.20 Å². The first kappa shape index (κ1) is 19.0. The van der Waals surface area contributed by atoms with Crippen LogP contribution in [-0.2, 0) is 6.54 Å². The second kappa shape index (κ2) is 8.04. The number of aromatic nitrogens is 2. The van der Waals surface area contributed by atoms with Gasteiger partial charge in [-0.25, -0.2) is 4.98 Å². The van der Waals surface area contributed by atoms with Crippen LogP contribution in [0.4, 0.5) is 0 Å². The van der Waals surface area contributed by atoms with Gasteiger partial charge in [0, 0.05) is 49.0 Å². The van der Waals surface area contributed by atoms with Crippen molar-refractivity contribution in [3.05, 3.63) is 80.6 Å². The van der Waals surface area contributed by atoms with Gasteiger partial charge < -0.3 is 14.6 Å². The predicted octanol–water partition coefficient (Wildman–Crippen LogP) is 4.02. The van der Waals surface area contributed by atoms with Gasteiger partial charge in [0.1, 0.15) is 5.65 Å². The van der Waals surface area contributed by atoms with Crippen molar-refractivity contribution in [2.45, 2.75) is 18.9 Å². The molecule has 1 aliphatic rings. The van der Waals surface area contributed by atoms with Crippen LogP contribution in [0.1, 0.15) is 42.1 Å². The zero-order valence-electron chi connectivity index (χ0n) is 16.2. The molecule has 4 aromatic heterocycles. The van der Waals surface area contributed by atoms with Gasteiger partial charge in [-0.05, 0) is 47.7 Å². The Labute approximate surface area is 181 Å². The zero-order valence-corrected chi connectivity index (χ0v) is 17.8. The molecule has 1 unspecified atom stereocenters. The maximum absolute atomic E-state index is 12.6. The lowest BCUT2D eigenvalue weighted by Crippen LogP contribution is -2.27. The molecule has 1 aliphatic heterocycles. The number of hydrogen-bond acceptors (Lipinski definition) is 5. The molecule has 5 rings (SSSR count). The summed E-state index contributed by atoms with van der Waals surface area (Å²) in [5.41, 5.74) is 1.88. The number of hydrogen-bond donors (Lipinski definition) is 1. The van der Waals surface area contributed by atoms with Crippen LogP contribution in [0.5, 0.6) is 0 Å². The lowest BCUT2D eigenvalue weighted by molar-refractivity contribution is 0.0795. The summed E-state index contributed by atoms with van der Waals surface area (Å²) in [6, 6.07) is 11.6. The molecule has 0 aromatic carbocycles. The fourth-order valence-electron chi connectivity index (χ4n) is 3.76. The molecule has 0 aliphatic carbocycles. The van der Waals surface area contributed by atoms with E-state index in [0.717, 1.165) is 29.1 Å². The van der Waals surface area contributed by atoms with Crippen LogP contribution in [0.25, 0.3) is 5.65 Å². The third-order valence-electron chi connectivity index (χ3n) is 5.38. The van der Waals surface area contributed by atoms with Crippen LogP contribution in [0.15, 0.2) is 60.4 Å². The van der Waals surface area contributed by atoms with E-state index < -0.39 is 0 Å². The molecule has 1 atom stereocenters. The highest BCUT2D eigenvalue weighted by Crippen LogP contribution is 2.33. The Hall–Kier alpha value is -2.97. The van der Waals surface area contributed by atoms with E-state index in [0.29, 0.717) is 23.9 Å². The highest BCUT2D eigenvalue weighted by molar-refractivity contribution is 7.14. The van der Waals surface area contributed by atoms with Crippen LogP contribution in [0, 0.1) is 0 Å². The topological polar surface area (TPSA) is 66.7 Å². The maximum Gasteiger partial charge on any atom is 0.263 e. The number of thiophene rings is 2. The van der Waals surface area contributed by atoms with Gasteiger partial charge in [0.25, 0.3) is 11.8 Å².